The van der Waals surface area contributed by atoms with Gasteiger partial charge in [0.15, 0.2) is 0 Å². The van der Waals surface area contributed by atoms with Gasteiger partial charge in [-0.25, -0.2) is 4.79 Å². The number of fused-ring (bicyclic) bond motifs is 1. The number of aromatic carboxylic acids is 1. The Hall–Kier alpha value is -2.75. The normalized spacial score (nSPS) is 10.7. The largest absolute Gasteiger partial charge is 0.478 e. The molecule has 4 nitrogen and oxygen atoms in total. The van der Waals surface area contributed by atoms with Gasteiger partial charge in [0.2, 0.25) is 0 Å². The van der Waals surface area contributed by atoms with Crippen LogP contribution in [0.25, 0.3) is 10.9 Å². The monoisotopic (exact) mass is 266 g/mol. The van der Waals surface area contributed by atoms with Crippen LogP contribution >= 0.6 is 0 Å². The summed E-state index contributed by atoms with van der Waals surface area (Å²) in [5.41, 5.74) is 2.87. The van der Waals surface area contributed by atoms with Gasteiger partial charge in [-0.05, 0) is 36.4 Å². The topological polar surface area (TPSA) is 54.3 Å². The number of anilines is 2. The smallest absolute Gasteiger partial charge is 0.337 e. The Morgan fingerprint density at radius 1 is 1.15 bits per heavy atom. The number of carbonyl (C=O) groups is 1. The molecule has 0 amide bonds. The molecule has 1 heterocycles. The minimum absolute atomic E-state index is 0.264. The fourth-order valence-corrected chi connectivity index (χ4v) is 2.29. The van der Waals surface area contributed by atoms with Crippen LogP contribution in [0.5, 0.6) is 0 Å². The first-order chi connectivity index (χ1) is 9.65. The Bertz CT molecular complexity index is 790. The molecule has 3 aromatic rings. The minimum atomic E-state index is -0.936. The first-order valence-electron chi connectivity index (χ1n) is 6.29. The molecular formula is C16H14N2O2. The number of rotatable bonds is 3. The Morgan fingerprint density at radius 2 is 1.95 bits per heavy atom. The molecule has 0 bridgehead atoms. The SMILES string of the molecule is Cn1ccc2cc(Nc3ccccc3C(=O)O)ccc21. The summed E-state index contributed by atoms with van der Waals surface area (Å²) in [7, 11) is 2.00. The molecule has 0 radical (unpaired) electrons. The van der Waals surface area contributed by atoms with Crippen molar-refractivity contribution >= 4 is 28.2 Å². The van der Waals surface area contributed by atoms with Crippen LogP contribution < -0.4 is 5.32 Å². The molecule has 0 unspecified atom stereocenters. The maximum absolute atomic E-state index is 11.2. The average molecular weight is 266 g/mol. The van der Waals surface area contributed by atoms with Crippen molar-refractivity contribution in [2.24, 2.45) is 7.05 Å². The standard InChI is InChI=1S/C16H14N2O2/c1-18-9-8-11-10-12(6-7-15(11)18)17-14-5-3-2-4-13(14)16(19)20/h2-10,17H,1H3,(H,19,20). The zero-order valence-electron chi connectivity index (χ0n) is 11.0. The van der Waals surface area contributed by atoms with E-state index in [2.05, 4.69) is 5.32 Å². The summed E-state index contributed by atoms with van der Waals surface area (Å²) < 4.78 is 2.05. The van der Waals surface area contributed by atoms with Crippen molar-refractivity contribution in [2.75, 3.05) is 5.32 Å². The van der Waals surface area contributed by atoms with Crippen molar-refractivity contribution in [3.05, 3.63) is 60.3 Å². The van der Waals surface area contributed by atoms with Crippen LogP contribution in [0.1, 0.15) is 10.4 Å². The van der Waals surface area contributed by atoms with Crippen LogP contribution in [0, 0.1) is 0 Å². The van der Waals surface area contributed by atoms with Gasteiger partial charge in [-0.2, -0.15) is 0 Å². The highest BCUT2D eigenvalue weighted by Crippen LogP contribution is 2.24. The summed E-state index contributed by atoms with van der Waals surface area (Å²) in [4.78, 5) is 11.2. The Balaban J connectivity index is 1.99. The molecule has 0 spiro atoms. The van der Waals surface area contributed by atoms with Gasteiger partial charge in [0, 0.05) is 29.8 Å². The lowest BCUT2D eigenvalue weighted by molar-refractivity contribution is 0.0698. The van der Waals surface area contributed by atoms with Gasteiger partial charge in [0.1, 0.15) is 0 Å². The highest BCUT2D eigenvalue weighted by atomic mass is 16.4. The van der Waals surface area contributed by atoms with Crippen molar-refractivity contribution in [2.45, 2.75) is 0 Å². The van der Waals surface area contributed by atoms with E-state index in [9.17, 15) is 9.90 Å². The van der Waals surface area contributed by atoms with E-state index in [-0.39, 0.29) is 5.56 Å². The van der Waals surface area contributed by atoms with Crippen LogP contribution in [-0.4, -0.2) is 15.6 Å². The van der Waals surface area contributed by atoms with E-state index in [1.54, 1.807) is 18.2 Å². The Kier molecular flexibility index (Phi) is 2.91. The molecule has 2 aromatic carbocycles. The molecular weight excluding hydrogens is 252 g/mol. The summed E-state index contributed by atoms with van der Waals surface area (Å²) in [6.07, 6.45) is 2.00. The molecule has 4 heteroatoms. The molecule has 0 aliphatic rings. The van der Waals surface area contributed by atoms with Crippen molar-refractivity contribution < 1.29 is 9.90 Å². The van der Waals surface area contributed by atoms with Crippen molar-refractivity contribution in [3.8, 4) is 0 Å². The number of para-hydroxylation sites is 1. The summed E-state index contributed by atoms with van der Waals surface area (Å²) in [5.74, 6) is -0.936. The first kappa shape index (κ1) is 12.3. The third kappa shape index (κ3) is 2.12. The van der Waals surface area contributed by atoms with Gasteiger partial charge in [0.05, 0.1) is 11.3 Å². The number of aromatic nitrogens is 1. The zero-order chi connectivity index (χ0) is 14.1. The van der Waals surface area contributed by atoms with E-state index in [1.807, 2.05) is 48.1 Å². The Morgan fingerprint density at radius 3 is 2.75 bits per heavy atom. The maximum atomic E-state index is 11.2. The van der Waals surface area contributed by atoms with Crippen LogP contribution in [0.15, 0.2) is 54.7 Å². The second kappa shape index (κ2) is 4.74. The van der Waals surface area contributed by atoms with E-state index < -0.39 is 5.97 Å². The first-order valence-corrected chi connectivity index (χ1v) is 6.29. The number of nitrogens with one attached hydrogen (secondary N) is 1. The molecule has 0 saturated carbocycles. The third-order valence-electron chi connectivity index (χ3n) is 3.32. The Labute approximate surface area is 116 Å². The van der Waals surface area contributed by atoms with Crippen molar-refractivity contribution in [1.29, 1.82) is 0 Å². The van der Waals surface area contributed by atoms with E-state index >= 15 is 0 Å². The fourth-order valence-electron chi connectivity index (χ4n) is 2.29. The quantitative estimate of drug-likeness (QED) is 0.761. The van der Waals surface area contributed by atoms with E-state index in [1.165, 1.54) is 0 Å². The molecule has 3 rings (SSSR count). The summed E-state index contributed by atoms with van der Waals surface area (Å²) in [6.45, 7) is 0. The van der Waals surface area contributed by atoms with Crippen LogP contribution in [-0.2, 0) is 7.05 Å². The van der Waals surface area contributed by atoms with Crippen LogP contribution in [0.2, 0.25) is 0 Å². The second-order valence-electron chi connectivity index (χ2n) is 4.68. The van der Waals surface area contributed by atoms with Gasteiger partial charge < -0.3 is 15.0 Å². The lowest BCUT2D eigenvalue weighted by Crippen LogP contribution is -2.02. The predicted octanol–water partition coefficient (Wildman–Crippen LogP) is 3.62. The molecule has 100 valence electrons. The number of benzene rings is 2. The van der Waals surface area contributed by atoms with E-state index in [0.717, 1.165) is 16.6 Å². The van der Waals surface area contributed by atoms with E-state index in [4.69, 9.17) is 0 Å². The zero-order valence-corrected chi connectivity index (χ0v) is 11.0. The number of aryl methyl sites for hydroxylation is 1. The lowest BCUT2D eigenvalue weighted by Gasteiger charge is -2.09. The lowest BCUT2D eigenvalue weighted by atomic mass is 10.1. The van der Waals surface area contributed by atoms with Gasteiger partial charge >= 0.3 is 5.97 Å². The van der Waals surface area contributed by atoms with Crippen molar-refractivity contribution in [1.82, 2.24) is 4.57 Å². The predicted molar refractivity (Wildman–Crippen MR) is 79.6 cm³/mol. The van der Waals surface area contributed by atoms with Crippen LogP contribution in [0.4, 0.5) is 11.4 Å². The molecule has 1 aromatic heterocycles. The minimum Gasteiger partial charge on any atom is -0.478 e. The van der Waals surface area contributed by atoms with E-state index in [0.29, 0.717) is 5.69 Å². The molecule has 0 aliphatic carbocycles. The average Bonchev–Trinajstić information content (AvgIpc) is 2.80. The maximum Gasteiger partial charge on any atom is 0.337 e. The summed E-state index contributed by atoms with van der Waals surface area (Å²) in [6, 6.07) is 14.9. The number of carboxylic acids is 1. The van der Waals surface area contributed by atoms with Gasteiger partial charge in [-0.15, -0.1) is 0 Å². The highest BCUT2D eigenvalue weighted by molar-refractivity contribution is 5.95. The number of carboxylic acid groups (broad SMARTS) is 1. The molecule has 0 fully saturated rings. The molecule has 20 heavy (non-hydrogen) atoms. The molecule has 0 aliphatic heterocycles. The molecule has 2 N–H and O–H groups in total. The number of hydrogen-bond acceptors (Lipinski definition) is 2. The fraction of sp³-hybridized carbons (Fsp3) is 0.0625. The highest BCUT2D eigenvalue weighted by Gasteiger charge is 2.09. The van der Waals surface area contributed by atoms with Crippen LogP contribution in [0.3, 0.4) is 0 Å². The third-order valence-corrected chi connectivity index (χ3v) is 3.32. The number of hydrogen-bond donors (Lipinski definition) is 2. The molecule has 0 saturated heterocycles. The van der Waals surface area contributed by atoms with Crippen molar-refractivity contribution in [3.63, 3.8) is 0 Å². The number of nitrogens with zero attached hydrogens (tertiary/aromatic N) is 1. The molecule has 0 atom stereocenters. The second-order valence-corrected chi connectivity index (χ2v) is 4.68. The van der Waals surface area contributed by atoms with Gasteiger partial charge in [-0.3, -0.25) is 0 Å². The van der Waals surface area contributed by atoms with Gasteiger partial charge in [-0.1, -0.05) is 12.1 Å². The summed E-state index contributed by atoms with van der Waals surface area (Å²) >= 11 is 0. The summed E-state index contributed by atoms with van der Waals surface area (Å²) in [5, 5.41) is 13.5. The van der Waals surface area contributed by atoms with Gasteiger partial charge in [0.25, 0.3) is 0 Å².